The van der Waals surface area contributed by atoms with Crippen LogP contribution in [0.3, 0.4) is 0 Å². The zero-order valence-corrected chi connectivity index (χ0v) is 19.2. The van der Waals surface area contributed by atoms with Crippen molar-refractivity contribution in [3.63, 3.8) is 0 Å². The molecular weight excluding hydrogens is 390 g/mol. The van der Waals surface area contributed by atoms with Gasteiger partial charge in [-0.25, -0.2) is 0 Å². The molecule has 0 aliphatic carbocycles. The van der Waals surface area contributed by atoms with Gasteiger partial charge in [-0.1, -0.05) is 30.3 Å². The van der Waals surface area contributed by atoms with E-state index >= 15 is 0 Å². The molecular formula is C24H41N5O2. The summed E-state index contributed by atoms with van der Waals surface area (Å²) in [5.41, 5.74) is 1.40. The number of nitrogens with one attached hydrogen (secondary N) is 2. The highest BCUT2D eigenvalue weighted by Gasteiger charge is 2.17. The molecule has 0 aromatic heterocycles. The highest BCUT2D eigenvalue weighted by molar-refractivity contribution is 5.79. The number of rotatable bonds is 12. The first-order valence-electron chi connectivity index (χ1n) is 12.0. The van der Waals surface area contributed by atoms with Crippen molar-refractivity contribution in [2.45, 2.75) is 26.3 Å². The molecule has 2 aliphatic rings. The number of ether oxygens (including phenoxy) is 2. The smallest absolute Gasteiger partial charge is 0.191 e. The van der Waals surface area contributed by atoms with E-state index in [1.807, 2.05) is 0 Å². The molecule has 0 bridgehead atoms. The molecule has 31 heavy (non-hydrogen) atoms. The fourth-order valence-electron chi connectivity index (χ4n) is 4.01. The first-order valence-corrected chi connectivity index (χ1v) is 12.0. The number of hydrogen-bond acceptors (Lipinski definition) is 5. The van der Waals surface area contributed by atoms with Crippen molar-refractivity contribution in [1.29, 1.82) is 0 Å². The summed E-state index contributed by atoms with van der Waals surface area (Å²) in [6.07, 6.45) is 2.09. The predicted octanol–water partition coefficient (Wildman–Crippen LogP) is 1.80. The lowest BCUT2D eigenvalue weighted by Crippen LogP contribution is -2.49. The fourth-order valence-corrected chi connectivity index (χ4v) is 4.01. The minimum atomic E-state index is 0.586. The van der Waals surface area contributed by atoms with E-state index in [4.69, 9.17) is 9.47 Å². The van der Waals surface area contributed by atoms with Crippen LogP contribution >= 0.6 is 0 Å². The van der Waals surface area contributed by atoms with E-state index in [1.165, 1.54) is 5.56 Å². The van der Waals surface area contributed by atoms with Crippen LogP contribution in [0.2, 0.25) is 0 Å². The Hall–Kier alpha value is -1.67. The van der Waals surface area contributed by atoms with E-state index < -0.39 is 0 Å². The molecule has 1 unspecified atom stereocenters. The second kappa shape index (κ2) is 14.4. The Morgan fingerprint density at radius 3 is 2.68 bits per heavy atom. The van der Waals surface area contributed by atoms with Gasteiger partial charge in [0, 0.05) is 78.0 Å². The topological polar surface area (TPSA) is 61.4 Å². The van der Waals surface area contributed by atoms with Crippen molar-refractivity contribution in [3.8, 4) is 0 Å². The minimum absolute atomic E-state index is 0.586. The third-order valence-corrected chi connectivity index (χ3v) is 5.87. The van der Waals surface area contributed by atoms with Gasteiger partial charge in [-0.05, 0) is 25.3 Å². The zero-order chi connectivity index (χ0) is 21.6. The molecule has 7 heteroatoms. The maximum Gasteiger partial charge on any atom is 0.191 e. The van der Waals surface area contributed by atoms with Crippen molar-refractivity contribution >= 4 is 5.96 Å². The number of benzene rings is 1. The van der Waals surface area contributed by atoms with E-state index in [0.29, 0.717) is 5.92 Å². The number of aliphatic imine (C=N–C) groups is 1. The summed E-state index contributed by atoms with van der Waals surface area (Å²) in [5, 5.41) is 6.83. The second-order valence-corrected chi connectivity index (χ2v) is 8.45. The van der Waals surface area contributed by atoms with Crippen LogP contribution in [0.1, 0.15) is 25.3 Å². The summed E-state index contributed by atoms with van der Waals surface area (Å²) >= 11 is 0. The van der Waals surface area contributed by atoms with Crippen LogP contribution in [0.25, 0.3) is 0 Å². The van der Waals surface area contributed by atoms with Gasteiger partial charge >= 0.3 is 0 Å². The van der Waals surface area contributed by atoms with Crippen LogP contribution in [-0.2, 0) is 16.0 Å². The quantitative estimate of drug-likeness (QED) is 0.299. The van der Waals surface area contributed by atoms with Crippen LogP contribution in [-0.4, -0.2) is 94.5 Å². The van der Waals surface area contributed by atoms with Gasteiger partial charge in [0.15, 0.2) is 5.96 Å². The Labute approximate surface area is 188 Å². The van der Waals surface area contributed by atoms with Gasteiger partial charge in [0.25, 0.3) is 0 Å². The van der Waals surface area contributed by atoms with Gasteiger partial charge in [-0.2, -0.15) is 0 Å². The Morgan fingerprint density at radius 2 is 1.94 bits per heavy atom. The van der Waals surface area contributed by atoms with Gasteiger partial charge in [0.2, 0.25) is 0 Å². The summed E-state index contributed by atoms with van der Waals surface area (Å²) in [4.78, 5) is 9.78. The van der Waals surface area contributed by atoms with Crippen molar-refractivity contribution in [2.75, 3.05) is 78.8 Å². The number of hydrogen-bond donors (Lipinski definition) is 2. The molecule has 3 rings (SSSR count). The minimum Gasteiger partial charge on any atom is -0.381 e. The second-order valence-electron chi connectivity index (χ2n) is 8.45. The van der Waals surface area contributed by atoms with E-state index in [2.05, 4.69) is 62.7 Å². The molecule has 2 heterocycles. The van der Waals surface area contributed by atoms with Crippen molar-refractivity contribution in [2.24, 2.45) is 10.9 Å². The van der Waals surface area contributed by atoms with Crippen molar-refractivity contribution in [1.82, 2.24) is 20.4 Å². The molecule has 1 aromatic carbocycles. The van der Waals surface area contributed by atoms with E-state index in [1.54, 1.807) is 0 Å². The van der Waals surface area contributed by atoms with E-state index in [-0.39, 0.29) is 0 Å². The lowest BCUT2D eigenvalue weighted by Gasteiger charge is -2.34. The largest absolute Gasteiger partial charge is 0.381 e. The van der Waals surface area contributed by atoms with Crippen LogP contribution in [0, 0.1) is 5.92 Å². The third-order valence-electron chi connectivity index (χ3n) is 5.87. The van der Waals surface area contributed by atoms with Gasteiger partial charge in [-0.15, -0.1) is 0 Å². The average Bonchev–Trinajstić information content (AvgIpc) is 3.31. The zero-order valence-electron chi connectivity index (χ0n) is 19.2. The molecule has 2 fully saturated rings. The summed E-state index contributed by atoms with van der Waals surface area (Å²) in [7, 11) is 0. The molecule has 0 radical (unpaired) electrons. The molecule has 0 saturated carbocycles. The SMILES string of the molecule is CCNC(=NCCCOCC1CCOC1)NCCN1CCN(Cc2ccccc2)CC1. The lowest BCUT2D eigenvalue weighted by atomic mass is 10.1. The van der Waals surface area contributed by atoms with Gasteiger partial charge in [-0.3, -0.25) is 14.8 Å². The molecule has 1 atom stereocenters. The molecule has 0 spiro atoms. The molecule has 1 aromatic rings. The summed E-state index contributed by atoms with van der Waals surface area (Å²) in [6, 6.07) is 10.8. The van der Waals surface area contributed by atoms with Gasteiger partial charge < -0.3 is 20.1 Å². The lowest BCUT2D eigenvalue weighted by molar-refractivity contribution is 0.0893. The van der Waals surface area contributed by atoms with Gasteiger partial charge in [0.05, 0.1) is 13.2 Å². The fraction of sp³-hybridized carbons (Fsp3) is 0.708. The van der Waals surface area contributed by atoms with Crippen LogP contribution in [0.5, 0.6) is 0 Å². The normalized spacial score (nSPS) is 20.8. The van der Waals surface area contributed by atoms with Gasteiger partial charge in [0.1, 0.15) is 0 Å². The van der Waals surface area contributed by atoms with Crippen LogP contribution in [0.4, 0.5) is 0 Å². The summed E-state index contributed by atoms with van der Waals surface area (Å²) in [6.45, 7) is 14.7. The predicted molar refractivity (Wildman–Crippen MR) is 127 cm³/mol. The monoisotopic (exact) mass is 431 g/mol. The number of piperazine rings is 1. The molecule has 0 amide bonds. The Morgan fingerprint density at radius 1 is 1.13 bits per heavy atom. The van der Waals surface area contributed by atoms with Crippen molar-refractivity contribution < 1.29 is 9.47 Å². The first-order chi connectivity index (χ1) is 15.3. The van der Waals surface area contributed by atoms with E-state index in [9.17, 15) is 0 Å². The molecule has 7 nitrogen and oxygen atoms in total. The van der Waals surface area contributed by atoms with Crippen molar-refractivity contribution in [3.05, 3.63) is 35.9 Å². The van der Waals surface area contributed by atoms with E-state index in [0.717, 1.165) is 104 Å². The molecule has 2 N–H and O–H groups in total. The Bertz CT molecular complexity index is 614. The third kappa shape index (κ3) is 9.56. The maximum absolute atomic E-state index is 5.77. The Kier molecular flexibility index (Phi) is 11.1. The highest BCUT2D eigenvalue weighted by atomic mass is 16.5. The number of guanidine groups is 1. The van der Waals surface area contributed by atoms with Crippen LogP contribution in [0.15, 0.2) is 35.3 Å². The first kappa shape index (κ1) is 24.0. The Balaban J connectivity index is 1.24. The standard InChI is InChI=1S/C24H41N5O2/c1-2-25-24(26-10-6-17-30-20-23-9-18-31-21-23)27-11-12-28-13-15-29(16-14-28)19-22-7-4-3-5-8-22/h3-5,7-8,23H,2,6,9-21H2,1H3,(H2,25,26,27). The average molecular weight is 432 g/mol. The van der Waals surface area contributed by atoms with Crippen LogP contribution < -0.4 is 10.6 Å². The maximum atomic E-state index is 5.77. The summed E-state index contributed by atoms with van der Waals surface area (Å²) < 4.78 is 11.1. The molecule has 2 saturated heterocycles. The number of nitrogens with zero attached hydrogens (tertiary/aromatic N) is 3. The molecule has 2 aliphatic heterocycles. The highest BCUT2D eigenvalue weighted by Crippen LogP contribution is 2.12. The molecule has 174 valence electrons. The summed E-state index contributed by atoms with van der Waals surface area (Å²) in [5.74, 6) is 1.50.